The van der Waals surface area contributed by atoms with Crippen LogP contribution in [-0.2, 0) is 0 Å². The Balaban J connectivity index is 2.31. The molecule has 1 saturated heterocycles. The maximum Gasteiger partial charge on any atom is 0.337 e. The lowest BCUT2D eigenvalue weighted by molar-refractivity contribution is 0.0696. The highest BCUT2D eigenvalue weighted by molar-refractivity contribution is 5.89. The Morgan fingerprint density at radius 3 is 2.76 bits per heavy atom. The number of hydrogen-bond acceptors (Lipinski definition) is 4. The van der Waals surface area contributed by atoms with Gasteiger partial charge >= 0.3 is 5.97 Å². The third-order valence-electron chi connectivity index (χ3n) is 3.20. The predicted molar refractivity (Wildman–Crippen MR) is 66.2 cm³/mol. The maximum absolute atomic E-state index is 10.8. The molecule has 2 rings (SSSR count). The van der Waals surface area contributed by atoms with Crippen molar-refractivity contribution in [3.63, 3.8) is 0 Å². The van der Waals surface area contributed by atoms with Gasteiger partial charge in [-0.1, -0.05) is 6.92 Å². The summed E-state index contributed by atoms with van der Waals surface area (Å²) in [7, 11) is 0. The van der Waals surface area contributed by atoms with Gasteiger partial charge in [0, 0.05) is 18.8 Å². The Labute approximate surface area is 100 Å². The van der Waals surface area contributed by atoms with Crippen LogP contribution >= 0.6 is 0 Å². The molecule has 92 valence electrons. The van der Waals surface area contributed by atoms with Crippen LogP contribution in [0.4, 0.5) is 11.5 Å². The number of nitrogens with zero attached hydrogens (tertiary/aromatic N) is 2. The second-order valence-corrected chi connectivity index (χ2v) is 4.78. The molecular weight excluding hydrogens is 218 g/mol. The number of carbonyl (C=O) groups is 1. The summed E-state index contributed by atoms with van der Waals surface area (Å²) in [6, 6.07) is 1.87. The van der Waals surface area contributed by atoms with Crippen LogP contribution in [0.25, 0.3) is 0 Å². The van der Waals surface area contributed by atoms with E-state index >= 15 is 0 Å². The van der Waals surface area contributed by atoms with Gasteiger partial charge in [-0.25, -0.2) is 9.78 Å². The zero-order chi connectivity index (χ0) is 12.6. The Morgan fingerprint density at radius 2 is 2.29 bits per heavy atom. The van der Waals surface area contributed by atoms with Crippen molar-refractivity contribution in [2.24, 2.45) is 5.92 Å². The lowest BCUT2D eigenvalue weighted by atomic mass is 10.1. The molecule has 0 amide bonds. The highest BCUT2D eigenvalue weighted by Gasteiger charge is 2.28. The molecule has 1 aromatic heterocycles. The first kappa shape index (κ1) is 11.7. The van der Waals surface area contributed by atoms with Crippen LogP contribution in [-0.4, -0.2) is 28.6 Å². The van der Waals surface area contributed by atoms with Crippen LogP contribution in [0.5, 0.6) is 0 Å². The Hall–Kier alpha value is -1.78. The van der Waals surface area contributed by atoms with Gasteiger partial charge in [-0.2, -0.15) is 0 Å². The molecule has 1 fully saturated rings. The number of carboxylic acids is 1. The minimum Gasteiger partial charge on any atom is -0.478 e. The smallest absolute Gasteiger partial charge is 0.337 e. The van der Waals surface area contributed by atoms with Gasteiger partial charge in [0.15, 0.2) is 5.82 Å². The molecule has 2 heterocycles. The molecule has 0 aromatic carbocycles. The van der Waals surface area contributed by atoms with Gasteiger partial charge in [0.05, 0.1) is 11.3 Å². The Bertz CT molecular complexity index is 447. The molecule has 0 bridgehead atoms. The molecule has 3 N–H and O–H groups in total. The number of hydrogen-bond donors (Lipinski definition) is 2. The number of anilines is 2. The number of carboxylic acid groups (broad SMARTS) is 1. The van der Waals surface area contributed by atoms with Crippen LogP contribution in [0, 0.1) is 5.92 Å². The van der Waals surface area contributed by atoms with Crippen molar-refractivity contribution in [2.45, 2.75) is 26.3 Å². The molecule has 2 unspecified atom stereocenters. The van der Waals surface area contributed by atoms with Crippen LogP contribution in [0.2, 0.25) is 0 Å². The zero-order valence-electron chi connectivity index (χ0n) is 10.1. The molecule has 5 nitrogen and oxygen atoms in total. The van der Waals surface area contributed by atoms with Gasteiger partial charge < -0.3 is 15.7 Å². The molecule has 5 heteroatoms. The summed E-state index contributed by atoms with van der Waals surface area (Å²) in [5.41, 5.74) is 6.45. The first-order valence-electron chi connectivity index (χ1n) is 5.74. The van der Waals surface area contributed by atoms with Crippen LogP contribution in [0.3, 0.4) is 0 Å². The molecule has 17 heavy (non-hydrogen) atoms. The first-order chi connectivity index (χ1) is 7.99. The number of pyridine rings is 1. The quantitative estimate of drug-likeness (QED) is 0.813. The number of nitrogen functional groups attached to an aromatic ring is 1. The van der Waals surface area contributed by atoms with E-state index in [1.165, 1.54) is 12.3 Å². The van der Waals surface area contributed by atoms with E-state index in [1.807, 2.05) is 0 Å². The molecular formula is C12H17N3O2. The van der Waals surface area contributed by atoms with Crippen molar-refractivity contribution < 1.29 is 9.90 Å². The monoisotopic (exact) mass is 235 g/mol. The molecule has 1 aromatic rings. The van der Waals surface area contributed by atoms with Gasteiger partial charge in [-0.3, -0.25) is 0 Å². The van der Waals surface area contributed by atoms with Crippen molar-refractivity contribution in [3.05, 3.63) is 17.8 Å². The van der Waals surface area contributed by atoms with Gasteiger partial charge in [-0.15, -0.1) is 0 Å². The lowest BCUT2D eigenvalue weighted by Gasteiger charge is -2.24. The van der Waals surface area contributed by atoms with Gasteiger partial charge in [0.2, 0.25) is 0 Å². The SMILES string of the molecule is CC1CC(C)N(c2ncc(C(=O)O)cc2N)C1. The molecule has 0 radical (unpaired) electrons. The number of nitrogens with two attached hydrogens (primary N) is 1. The maximum atomic E-state index is 10.8. The zero-order valence-corrected chi connectivity index (χ0v) is 10.1. The Kier molecular flexibility index (Phi) is 2.92. The van der Waals surface area contributed by atoms with E-state index in [1.54, 1.807) is 0 Å². The Morgan fingerprint density at radius 1 is 1.59 bits per heavy atom. The summed E-state index contributed by atoms with van der Waals surface area (Å²) in [6.45, 7) is 5.25. The molecule has 0 aliphatic carbocycles. The average Bonchev–Trinajstić information content (AvgIpc) is 2.57. The molecule has 0 saturated carbocycles. The van der Waals surface area contributed by atoms with Crippen molar-refractivity contribution in [2.75, 3.05) is 17.2 Å². The fraction of sp³-hybridized carbons (Fsp3) is 0.500. The summed E-state index contributed by atoms with van der Waals surface area (Å²) >= 11 is 0. The highest BCUT2D eigenvalue weighted by Crippen LogP contribution is 2.31. The molecule has 1 aliphatic heterocycles. The summed E-state index contributed by atoms with van der Waals surface area (Å²) < 4.78 is 0. The van der Waals surface area contributed by atoms with E-state index in [0.29, 0.717) is 23.5 Å². The number of aromatic nitrogens is 1. The van der Waals surface area contributed by atoms with E-state index in [0.717, 1.165) is 13.0 Å². The van der Waals surface area contributed by atoms with Crippen LogP contribution < -0.4 is 10.6 Å². The predicted octanol–water partition coefficient (Wildman–Crippen LogP) is 1.60. The van der Waals surface area contributed by atoms with Gasteiger partial charge in [0.25, 0.3) is 0 Å². The minimum absolute atomic E-state index is 0.131. The first-order valence-corrected chi connectivity index (χ1v) is 5.74. The fourth-order valence-corrected chi connectivity index (χ4v) is 2.43. The largest absolute Gasteiger partial charge is 0.478 e. The van der Waals surface area contributed by atoms with E-state index < -0.39 is 5.97 Å². The van der Waals surface area contributed by atoms with Gasteiger partial charge in [0.1, 0.15) is 0 Å². The second kappa shape index (κ2) is 4.24. The van der Waals surface area contributed by atoms with Crippen LogP contribution in [0.15, 0.2) is 12.3 Å². The standard InChI is InChI=1S/C12H17N3O2/c1-7-3-8(2)15(6-7)11-10(13)4-9(5-14-11)12(16)17/h4-5,7-8H,3,6,13H2,1-2H3,(H,16,17). The highest BCUT2D eigenvalue weighted by atomic mass is 16.4. The van der Waals surface area contributed by atoms with Crippen molar-refractivity contribution >= 4 is 17.5 Å². The molecule has 0 spiro atoms. The number of rotatable bonds is 2. The molecule has 2 atom stereocenters. The van der Waals surface area contributed by atoms with Gasteiger partial charge in [-0.05, 0) is 25.3 Å². The van der Waals surface area contributed by atoms with Crippen molar-refractivity contribution in [3.8, 4) is 0 Å². The topological polar surface area (TPSA) is 79.5 Å². The van der Waals surface area contributed by atoms with E-state index in [4.69, 9.17) is 10.8 Å². The fourth-order valence-electron chi connectivity index (χ4n) is 2.43. The summed E-state index contributed by atoms with van der Waals surface area (Å²) in [5, 5.41) is 8.85. The normalized spacial score (nSPS) is 24.0. The summed E-state index contributed by atoms with van der Waals surface area (Å²) in [6.07, 6.45) is 2.48. The number of aromatic carboxylic acids is 1. The molecule has 1 aliphatic rings. The van der Waals surface area contributed by atoms with E-state index in [-0.39, 0.29) is 5.56 Å². The van der Waals surface area contributed by atoms with Crippen LogP contribution in [0.1, 0.15) is 30.6 Å². The average molecular weight is 235 g/mol. The van der Waals surface area contributed by atoms with E-state index in [2.05, 4.69) is 23.7 Å². The summed E-state index contributed by atoms with van der Waals surface area (Å²) in [5.74, 6) is 0.316. The van der Waals surface area contributed by atoms with Crippen molar-refractivity contribution in [1.82, 2.24) is 4.98 Å². The van der Waals surface area contributed by atoms with E-state index in [9.17, 15) is 4.79 Å². The minimum atomic E-state index is -1.00. The lowest BCUT2D eigenvalue weighted by Crippen LogP contribution is -2.28. The third-order valence-corrected chi connectivity index (χ3v) is 3.20. The summed E-state index contributed by atoms with van der Waals surface area (Å²) in [4.78, 5) is 17.1. The third kappa shape index (κ3) is 2.18. The second-order valence-electron chi connectivity index (χ2n) is 4.78. The van der Waals surface area contributed by atoms with Crippen molar-refractivity contribution in [1.29, 1.82) is 0 Å².